The van der Waals surface area contributed by atoms with E-state index in [1.54, 1.807) is 19.1 Å². The van der Waals surface area contributed by atoms with Gasteiger partial charge in [-0.1, -0.05) is 26.0 Å². The third-order valence-corrected chi connectivity index (χ3v) is 10.6. The van der Waals surface area contributed by atoms with Gasteiger partial charge in [0.2, 0.25) is 5.91 Å². The number of carbonyl (C=O) groups is 5. The van der Waals surface area contributed by atoms with Gasteiger partial charge >= 0.3 is 30.9 Å². The lowest BCUT2D eigenvalue weighted by molar-refractivity contribution is -0.199. The normalized spacial score (nSPS) is 28.5. The number of carboxylic acid groups (broad SMARTS) is 1. The number of nitrogens with zero attached hydrogens (tertiary/aromatic N) is 2. The minimum Gasteiger partial charge on any atom is -0.496 e. The molecule has 3 saturated carbocycles. The van der Waals surface area contributed by atoms with Crippen LogP contribution in [-0.2, 0) is 30.1 Å². The number of carbonyl (C=O) groups excluding carboxylic acids is 4. The van der Waals surface area contributed by atoms with Crippen LogP contribution in [0, 0.1) is 17.3 Å². The molecule has 5 fully saturated rings. The quantitative estimate of drug-likeness (QED) is 0.211. The number of aliphatic hydroxyl groups is 1. The summed E-state index contributed by atoms with van der Waals surface area (Å²) in [7, 11) is 0.413. The fourth-order valence-corrected chi connectivity index (χ4v) is 7.74. The second kappa shape index (κ2) is 12.5. The topological polar surface area (TPSA) is 184 Å². The lowest BCUT2D eigenvalue weighted by Gasteiger charge is -2.64. The number of imide groups is 1. The van der Waals surface area contributed by atoms with E-state index in [9.17, 15) is 34.2 Å². The molecule has 0 aromatic heterocycles. The van der Waals surface area contributed by atoms with E-state index < -0.39 is 60.5 Å². The van der Waals surface area contributed by atoms with E-state index in [0.29, 0.717) is 18.0 Å². The van der Waals surface area contributed by atoms with Crippen LogP contribution in [-0.4, -0.2) is 113 Å². The summed E-state index contributed by atoms with van der Waals surface area (Å²) >= 11 is 0. The highest BCUT2D eigenvalue weighted by molar-refractivity contribution is 6.48. The number of amides is 5. The van der Waals surface area contributed by atoms with Crippen molar-refractivity contribution in [3.8, 4) is 5.75 Å². The fraction of sp³-hybridized carbons (Fsp3) is 0.645. The molecule has 2 saturated heterocycles. The van der Waals surface area contributed by atoms with Gasteiger partial charge in [-0.05, 0) is 68.9 Å². The third-order valence-electron chi connectivity index (χ3n) is 10.6. The number of rotatable bonds is 10. The van der Waals surface area contributed by atoms with E-state index in [-0.39, 0.29) is 48.3 Å². The first kappa shape index (κ1) is 33.7. The minimum absolute atomic E-state index is 0.0351. The number of methoxy groups -OCH3 is 1. The number of piperazine rings is 1. The van der Waals surface area contributed by atoms with Crippen molar-refractivity contribution in [3.63, 3.8) is 0 Å². The number of urea groups is 1. The summed E-state index contributed by atoms with van der Waals surface area (Å²) in [5.74, 6) is -3.90. The highest BCUT2D eigenvalue weighted by Gasteiger charge is 2.68. The molecule has 4 unspecified atom stereocenters. The SMILES string of the molecule is CCN1CCN(C(=O)NC(C(=O)NC(Cc2cccc(C(=O)O)c2OC)B2OC3C[C@@H]4C[C@@H](C4(C)C)[C@]3(C)O2)C(C)O)C(=O)C1=O. The predicted octanol–water partition coefficient (Wildman–Crippen LogP) is 0.838. The first-order valence-corrected chi connectivity index (χ1v) is 15.8. The average Bonchev–Trinajstić information content (AvgIpc) is 3.37. The highest BCUT2D eigenvalue weighted by Crippen LogP contribution is 2.65. The first-order valence-electron chi connectivity index (χ1n) is 15.8. The summed E-state index contributed by atoms with van der Waals surface area (Å²) in [6.45, 7) is 9.90. The maximum Gasteiger partial charge on any atom is 0.482 e. The van der Waals surface area contributed by atoms with Crippen molar-refractivity contribution in [1.29, 1.82) is 0 Å². The zero-order valence-electron chi connectivity index (χ0n) is 27.1. The van der Waals surface area contributed by atoms with Gasteiger partial charge in [0.1, 0.15) is 17.4 Å². The second-order valence-electron chi connectivity index (χ2n) is 13.5. The van der Waals surface area contributed by atoms with Gasteiger partial charge in [0.25, 0.3) is 0 Å². The monoisotopic (exact) mass is 642 g/mol. The Morgan fingerprint density at radius 3 is 2.46 bits per heavy atom. The van der Waals surface area contributed by atoms with Crippen LogP contribution in [0.3, 0.4) is 0 Å². The van der Waals surface area contributed by atoms with E-state index in [4.69, 9.17) is 14.0 Å². The lowest BCUT2D eigenvalue weighted by atomic mass is 9.43. The second-order valence-corrected chi connectivity index (χ2v) is 13.5. The van der Waals surface area contributed by atoms with Gasteiger partial charge in [-0.15, -0.1) is 0 Å². The van der Waals surface area contributed by atoms with Gasteiger partial charge in [-0.3, -0.25) is 19.3 Å². The number of likely N-dealkylation sites (N-methyl/N-ethyl adjacent to an activating group) is 1. The zero-order valence-corrected chi connectivity index (χ0v) is 27.1. The van der Waals surface area contributed by atoms with Gasteiger partial charge in [-0.25, -0.2) is 9.59 Å². The van der Waals surface area contributed by atoms with Gasteiger partial charge in [0.15, 0.2) is 0 Å². The minimum atomic E-state index is -1.51. The van der Waals surface area contributed by atoms with Gasteiger partial charge in [-0.2, -0.15) is 0 Å². The molecule has 2 heterocycles. The van der Waals surface area contributed by atoms with Gasteiger partial charge < -0.3 is 39.8 Å². The van der Waals surface area contributed by atoms with E-state index in [1.807, 2.05) is 6.92 Å². The molecule has 4 N–H and O–H groups in total. The molecule has 250 valence electrons. The van der Waals surface area contributed by atoms with Crippen LogP contribution in [0.1, 0.15) is 63.4 Å². The van der Waals surface area contributed by atoms with Gasteiger partial charge in [0, 0.05) is 19.6 Å². The van der Waals surface area contributed by atoms with Crippen molar-refractivity contribution in [2.24, 2.45) is 17.3 Å². The van der Waals surface area contributed by atoms with Crippen LogP contribution in [0.15, 0.2) is 18.2 Å². The number of aliphatic hydroxyl groups excluding tert-OH is 1. The molecule has 5 amide bonds. The molecule has 5 aliphatic rings. The fourth-order valence-electron chi connectivity index (χ4n) is 7.74. The molecule has 15 heteroatoms. The Labute approximate surface area is 268 Å². The number of aromatic carboxylic acids is 1. The number of carboxylic acids is 1. The smallest absolute Gasteiger partial charge is 0.482 e. The van der Waals surface area contributed by atoms with E-state index in [0.717, 1.165) is 17.7 Å². The predicted molar refractivity (Wildman–Crippen MR) is 164 cm³/mol. The number of para-hydroxylation sites is 1. The molecule has 1 aromatic rings. The third kappa shape index (κ3) is 5.73. The Morgan fingerprint density at radius 2 is 1.85 bits per heavy atom. The summed E-state index contributed by atoms with van der Waals surface area (Å²) < 4.78 is 18.6. The Balaban J connectivity index is 1.40. The largest absolute Gasteiger partial charge is 0.496 e. The summed E-state index contributed by atoms with van der Waals surface area (Å²) in [4.78, 5) is 65.8. The van der Waals surface area contributed by atoms with Crippen LogP contribution < -0.4 is 15.4 Å². The van der Waals surface area contributed by atoms with Crippen LogP contribution in [0.4, 0.5) is 4.79 Å². The van der Waals surface area contributed by atoms with Crippen molar-refractivity contribution in [2.75, 3.05) is 26.7 Å². The molecule has 6 rings (SSSR count). The van der Waals surface area contributed by atoms with Crippen molar-refractivity contribution in [1.82, 2.24) is 20.4 Å². The maximum atomic E-state index is 13.8. The summed E-state index contributed by atoms with van der Waals surface area (Å²) in [5, 5.41) is 25.6. The summed E-state index contributed by atoms with van der Waals surface area (Å²) in [5.41, 5.74) is -0.146. The maximum absolute atomic E-state index is 13.8. The Hall–Kier alpha value is -3.69. The molecule has 2 bridgehead atoms. The first-order chi connectivity index (χ1) is 21.6. The van der Waals surface area contributed by atoms with Crippen LogP contribution in [0.25, 0.3) is 0 Å². The molecule has 3 aliphatic carbocycles. The molecule has 0 radical (unpaired) electrons. The number of hydrogen-bond acceptors (Lipinski definition) is 9. The molecular weight excluding hydrogens is 599 g/mol. The Kier molecular flexibility index (Phi) is 9.14. The van der Waals surface area contributed by atoms with Crippen LogP contribution in [0.2, 0.25) is 0 Å². The Morgan fingerprint density at radius 1 is 1.13 bits per heavy atom. The molecule has 1 aromatic carbocycles. The number of ether oxygens (including phenoxy) is 1. The Bertz CT molecular complexity index is 1420. The highest BCUT2D eigenvalue weighted by atomic mass is 16.7. The zero-order chi connectivity index (χ0) is 33.7. The van der Waals surface area contributed by atoms with Crippen molar-refractivity contribution in [3.05, 3.63) is 29.3 Å². The molecule has 2 aliphatic heterocycles. The molecule has 7 atom stereocenters. The summed E-state index contributed by atoms with van der Waals surface area (Å²) in [6.07, 6.45) is 0.215. The molecular formula is C31H43BN4O10. The number of nitrogens with one attached hydrogen (secondary N) is 2. The van der Waals surface area contributed by atoms with Crippen LogP contribution >= 0.6 is 0 Å². The number of hydrogen-bond donors (Lipinski definition) is 4. The summed E-state index contributed by atoms with van der Waals surface area (Å²) in [6, 6.07) is 2.17. The van der Waals surface area contributed by atoms with Crippen molar-refractivity contribution in [2.45, 2.75) is 83.7 Å². The van der Waals surface area contributed by atoms with Crippen LogP contribution in [0.5, 0.6) is 5.75 Å². The molecule has 0 spiro atoms. The van der Waals surface area contributed by atoms with Crippen molar-refractivity contribution < 1.29 is 48.2 Å². The standard InChI is InChI=1S/C31H43BN4O10/c1-7-35-11-12-36(27(40)26(35)39)29(43)34-23(16(2)37)25(38)33-22(13-17-9-8-10-19(28(41)42)24(17)44-6)32-45-21-15-18-14-20(30(18,3)4)31(21,5)46-32/h8-10,16,18,20-23,37H,7,11-15H2,1-6H3,(H,33,38)(H,34,43)(H,41,42)/t16?,18-,20-,21?,22?,23?,31-/m0/s1. The van der Waals surface area contributed by atoms with E-state index in [1.165, 1.54) is 25.0 Å². The van der Waals surface area contributed by atoms with Gasteiger partial charge in [0.05, 0.1) is 30.9 Å². The average molecular weight is 643 g/mol. The number of benzene rings is 1. The van der Waals surface area contributed by atoms with Crippen molar-refractivity contribution >= 4 is 36.8 Å². The van der Waals surface area contributed by atoms with E-state index >= 15 is 0 Å². The lowest BCUT2D eigenvalue weighted by Crippen LogP contribution is -2.65. The molecule has 46 heavy (non-hydrogen) atoms. The van der Waals surface area contributed by atoms with E-state index in [2.05, 4.69) is 24.5 Å². The molecule has 14 nitrogen and oxygen atoms in total.